The van der Waals surface area contributed by atoms with Crippen LogP contribution in [0.2, 0.25) is 0 Å². The molecule has 0 aliphatic heterocycles. The minimum atomic E-state index is 0.545. The molecule has 5 nitrogen and oxygen atoms in total. The molecule has 0 fully saturated rings. The summed E-state index contributed by atoms with van der Waals surface area (Å²) in [5.41, 5.74) is 8.90. The summed E-state index contributed by atoms with van der Waals surface area (Å²) in [4.78, 5) is 12.0. The van der Waals surface area contributed by atoms with Gasteiger partial charge in [0, 0.05) is 21.8 Å². The average Bonchev–Trinajstić information content (AvgIpc) is 2.84. The Hall–Kier alpha value is -2.08. The number of imidazole rings is 1. The standard InChI is InChI=1S/C13H11BrN4O/c1-19-11-5-4-10-13(17-11)18-12(16-10)7-2-3-9(15)8(14)6-7/h2-6H,15H2,1H3,(H,16,17,18). The third-order valence-corrected chi connectivity index (χ3v) is 3.49. The first kappa shape index (κ1) is 12.0. The van der Waals surface area contributed by atoms with Crippen LogP contribution in [-0.2, 0) is 0 Å². The molecular formula is C13H11BrN4O. The van der Waals surface area contributed by atoms with E-state index in [9.17, 15) is 0 Å². The smallest absolute Gasteiger partial charge is 0.215 e. The molecular weight excluding hydrogens is 308 g/mol. The second kappa shape index (κ2) is 4.55. The van der Waals surface area contributed by atoms with Gasteiger partial charge in [0.2, 0.25) is 5.88 Å². The van der Waals surface area contributed by atoms with Gasteiger partial charge in [0.05, 0.1) is 12.6 Å². The Morgan fingerprint density at radius 1 is 1.21 bits per heavy atom. The largest absolute Gasteiger partial charge is 0.481 e. The van der Waals surface area contributed by atoms with Crippen molar-refractivity contribution in [2.45, 2.75) is 0 Å². The number of anilines is 1. The van der Waals surface area contributed by atoms with Gasteiger partial charge in [-0.3, -0.25) is 0 Å². The third-order valence-electron chi connectivity index (χ3n) is 2.80. The van der Waals surface area contributed by atoms with Gasteiger partial charge in [-0.25, -0.2) is 4.98 Å². The average molecular weight is 319 g/mol. The number of aromatic nitrogens is 3. The molecule has 0 aliphatic carbocycles. The Kier molecular flexibility index (Phi) is 2.87. The molecule has 0 spiro atoms. The Bertz CT molecular complexity index is 753. The molecule has 0 atom stereocenters. The van der Waals surface area contributed by atoms with Crippen LogP contribution < -0.4 is 10.5 Å². The van der Waals surface area contributed by atoms with Crippen LogP contribution in [0, 0.1) is 0 Å². The zero-order valence-electron chi connectivity index (χ0n) is 10.1. The van der Waals surface area contributed by atoms with Crippen LogP contribution in [0.1, 0.15) is 0 Å². The highest BCUT2D eigenvalue weighted by molar-refractivity contribution is 9.10. The van der Waals surface area contributed by atoms with Gasteiger partial charge in [0.1, 0.15) is 5.82 Å². The lowest BCUT2D eigenvalue weighted by molar-refractivity contribution is 0.399. The van der Waals surface area contributed by atoms with Gasteiger partial charge in [-0.2, -0.15) is 4.98 Å². The Labute approximate surface area is 118 Å². The van der Waals surface area contributed by atoms with E-state index in [1.165, 1.54) is 0 Å². The normalized spacial score (nSPS) is 10.8. The summed E-state index contributed by atoms with van der Waals surface area (Å²) in [7, 11) is 1.58. The van der Waals surface area contributed by atoms with E-state index in [2.05, 4.69) is 30.9 Å². The van der Waals surface area contributed by atoms with E-state index in [1.807, 2.05) is 24.3 Å². The zero-order chi connectivity index (χ0) is 13.4. The topological polar surface area (TPSA) is 76.8 Å². The van der Waals surface area contributed by atoms with Crippen LogP contribution in [0.5, 0.6) is 5.88 Å². The summed E-state index contributed by atoms with van der Waals surface area (Å²) in [6.45, 7) is 0. The summed E-state index contributed by atoms with van der Waals surface area (Å²) in [5.74, 6) is 1.29. The molecule has 0 saturated carbocycles. The molecule has 19 heavy (non-hydrogen) atoms. The maximum Gasteiger partial charge on any atom is 0.215 e. The number of nitrogens with two attached hydrogens (primary N) is 1. The number of H-pyrrole nitrogens is 1. The fourth-order valence-corrected chi connectivity index (χ4v) is 2.18. The number of hydrogen-bond donors (Lipinski definition) is 2. The summed E-state index contributed by atoms with van der Waals surface area (Å²) < 4.78 is 5.93. The Morgan fingerprint density at radius 3 is 2.79 bits per heavy atom. The molecule has 0 bridgehead atoms. The minimum absolute atomic E-state index is 0.545. The number of fused-ring (bicyclic) bond motifs is 1. The molecule has 3 N–H and O–H groups in total. The number of rotatable bonds is 2. The number of hydrogen-bond acceptors (Lipinski definition) is 4. The number of halogens is 1. The third kappa shape index (κ3) is 2.15. The number of nitrogens with one attached hydrogen (secondary N) is 1. The molecule has 0 amide bonds. The highest BCUT2D eigenvalue weighted by Crippen LogP contribution is 2.27. The van der Waals surface area contributed by atoms with Crippen molar-refractivity contribution in [1.29, 1.82) is 0 Å². The van der Waals surface area contributed by atoms with E-state index in [4.69, 9.17) is 10.5 Å². The van der Waals surface area contributed by atoms with Crippen molar-refractivity contribution >= 4 is 32.8 Å². The number of aromatic amines is 1. The SMILES string of the molecule is COc1ccc2[nH]c(-c3ccc(N)c(Br)c3)nc2n1. The van der Waals surface area contributed by atoms with Gasteiger partial charge in [0.15, 0.2) is 5.65 Å². The summed E-state index contributed by atoms with van der Waals surface area (Å²) in [6.07, 6.45) is 0. The second-order valence-electron chi connectivity index (χ2n) is 4.05. The zero-order valence-corrected chi connectivity index (χ0v) is 11.7. The van der Waals surface area contributed by atoms with Crippen molar-refractivity contribution in [2.24, 2.45) is 0 Å². The van der Waals surface area contributed by atoms with E-state index in [-0.39, 0.29) is 0 Å². The number of nitrogens with zero attached hydrogens (tertiary/aromatic N) is 2. The number of pyridine rings is 1. The fraction of sp³-hybridized carbons (Fsp3) is 0.0769. The fourth-order valence-electron chi connectivity index (χ4n) is 1.80. The maximum absolute atomic E-state index is 5.77. The van der Waals surface area contributed by atoms with Crippen molar-refractivity contribution < 1.29 is 4.74 Å². The van der Waals surface area contributed by atoms with E-state index in [0.717, 1.165) is 21.4 Å². The van der Waals surface area contributed by atoms with Crippen molar-refractivity contribution in [3.05, 3.63) is 34.8 Å². The van der Waals surface area contributed by atoms with Gasteiger partial charge in [-0.15, -0.1) is 0 Å². The van der Waals surface area contributed by atoms with Gasteiger partial charge in [0.25, 0.3) is 0 Å². The predicted octanol–water partition coefficient (Wildman–Crippen LogP) is 2.98. The molecule has 2 aromatic heterocycles. The van der Waals surface area contributed by atoms with Gasteiger partial charge in [-0.05, 0) is 40.2 Å². The first-order valence-corrected chi connectivity index (χ1v) is 6.43. The molecule has 1 aromatic carbocycles. The van der Waals surface area contributed by atoms with Crippen molar-refractivity contribution in [3.8, 4) is 17.3 Å². The maximum atomic E-state index is 5.77. The molecule has 96 valence electrons. The molecule has 0 unspecified atom stereocenters. The molecule has 6 heteroatoms. The molecule has 0 saturated heterocycles. The highest BCUT2D eigenvalue weighted by atomic mass is 79.9. The minimum Gasteiger partial charge on any atom is -0.481 e. The number of benzene rings is 1. The van der Waals surface area contributed by atoms with Gasteiger partial charge < -0.3 is 15.5 Å². The van der Waals surface area contributed by atoms with Crippen LogP contribution in [0.3, 0.4) is 0 Å². The van der Waals surface area contributed by atoms with Gasteiger partial charge >= 0.3 is 0 Å². The van der Waals surface area contributed by atoms with Crippen molar-refractivity contribution in [3.63, 3.8) is 0 Å². The molecule has 3 aromatic rings. The Morgan fingerprint density at radius 2 is 2.05 bits per heavy atom. The number of methoxy groups -OCH3 is 1. The van der Waals surface area contributed by atoms with E-state index in [1.54, 1.807) is 13.2 Å². The van der Waals surface area contributed by atoms with Crippen LogP contribution in [0.25, 0.3) is 22.6 Å². The number of ether oxygens (including phenoxy) is 1. The quantitative estimate of drug-likeness (QED) is 0.712. The number of nitrogen functional groups attached to an aromatic ring is 1. The van der Waals surface area contributed by atoms with Crippen molar-refractivity contribution in [2.75, 3.05) is 12.8 Å². The monoisotopic (exact) mass is 318 g/mol. The van der Waals surface area contributed by atoms with E-state index < -0.39 is 0 Å². The highest BCUT2D eigenvalue weighted by Gasteiger charge is 2.08. The molecule has 0 radical (unpaired) electrons. The second-order valence-corrected chi connectivity index (χ2v) is 4.90. The van der Waals surface area contributed by atoms with Crippen LogP contribution >= 0.6 is 15.9 Å². The lowest BCUT2D eigenvalue weighted by Gasteiger charge is -2.00. The first-order chi connectivity index (χ1) is 9.17. The lowest BCUT2D eigenvalue weighted by atomic mass is 10.2. The molecule has 2 heterocycles. The van der Waals surface area contributed by atoms with E-state index in [0.29, 0.717) is 17.2 Å². The predicted molar refractivity (Wildman–Crippen MR) is 78.0 cm³/mol. The summed E-state index contributed by atoms with van der Waals surface area (Å²) in [5, 5.41) is 0. The van der Waals surface area contributed by atoms with Crippen molar-refractivity contribution in [1.82, 2.24) is 15.0 Å². The molecule has 3 rings (SSSR count). The molecule has 0 aliphatic rings. The summed E-state index contributed by atoms with van der Waals surface area (Å²) >= 11 is 3.41. The first-order valence-electron chi connectivity index (χ1n) is 5.63. The summed E-state index contributed by atoms with van der Waals surface area (Å²) in [6, 6.07) is 9.35. The van der Waals surface area contributed by atoms with E-state index >= 15 is 0 Å². The van der Waals surface area contributed by atoms with Crippen LogP contribution in [-0.4, -0.2) is 22.1 Å². The Balaban J connectivity index is 2.11. The van der Waals surface area contributed by atoms with Crippen LogP contribution in [0.4, 0.5) is 5.69 Å². The van der Waals surface area contributed by atoms with Crippen LogP contribution in [0.15, 0.2) is 34.8 Å². The van der Waals surface area contributed by atoms with Gasteiger partial charge in [-0.1, -0.05) is 0 Å². The lowest BCUT2D eigenvalue weighted by Crippen LogP contribution is -1.88.